The minimum Gasteiger partial charge on any atom is -0.413 e. The van der Waals surface area contributed by atoms with Gasteiger partial charge in [-0.3, -0.25) is 10.1 Å². The quantitative estimate of drug-likeness (QED) is 0.379. The van der Waals surface area contributed by atoms with E-state index < -0.39 is 13.2 Å². The van der Waals surface area contributed by atoms with E-state index in [1.165, 1.54) is 18.9 Å². The molecule has 0 aliphatic heterocycles. The van der Waals surface area contributed by atoms with E-state index >= 15 is 0 Å². The predicted octanol–water partition coefficient (Wildman–Crippen LogP) is 5.11. The zero-order chi connectivity index (χ0) is 15.9. The molecule has 1 rings (SSSR count). The topological polar surface area (TPSA) is 52.4 Å². The smallest absolute Gasteiger partial charge is 0.235 e. The third-order valence-electron chi connectivity index (χ3n) is 3.21. The normalized spacial score (nSPS) is 12.0. The van der Waals surface area contributed by atoms with Gasteiger partial charge in [0.1, 0.15) is 0 Å². The van der Waals surface area contributed by atoms with Crippen molar-refractivity contribution in [3.63, 3.8) is 0 Å². The number of hydrogen-bond donors (Lipinski definition) is 0. The fourth-order valence-corrected chi connectivity index (χ4v) is 3.97. The van der Waals surface area contributed by atoms with Crippen LogP contribution >= 0.6 is 11.6 Å². The SMILES string of the molecule is CCCC[Si](C)(C)OCc1cc(C=C[N+](=O)[O-])ccc1Cl. The molecule has 0 fully saturated rings. The van der Waals surface area contributed by atoms with Crippen molar-refractivity contribution in [2.45, 2.75) is 45.5 Å². The van der Waals surface area contributed by atoms with Crippen molar-refractivity contribution in [3.8, 4) is 0 Å². The van der Waals surface area contributed by atoms with Gasteiger partial charge in [-0.2, -0.15) is 0 Å². The maximum absolute atomic E-state index is 10.4. The van der Waals surface area contributed by atoms with Gasteiger partial charge in [0, 0.05) is 11.1 Å². The second-order valence-electron chi connectivity index (χ2n) is 5.60. The number of nitrogens with zero attached hydrogens (tertiary/aromatic N) is 1. The molecule has 116 valence electrons. The maximum atomic E-state index is 10.4. The van der Waals surface area contributed by atoms with Crippen LogP contribution in [0, 0.1) is 10.1 Å². The summed E-state index contributed by atoms with van der Waals surface area (Å²) in [6.07, 6.45) is 4.73. The summed E-state index contributed by atoms with van der Waals surface area (Å²) in [7, 11) is -1.67. The van der Waals surface area contributed by atoms with Crippen LogP contribution < -0.4 is 0 Å². The molecule has 0 aromatic heterocycles. The number of hydrogen-bond acceptors (Lipinski definition) is 3. The first-order valence-electron chi connectivity index (χ1n) is 7.08. The Bertz CT molecular complexity index is 518. The third-order valence-corrected chi connectivity index (χ3v) is 6.06. The fraction of sp³-hybridized carbons (Fsp3) is 0.467. The van der Waals surface area contributed by atoms with Crippen molar-refractivity contribution in [2.24, 2.45) is 0 Å². The summed E-state index contributed by atoms with van der Waals surface area (Å²) in [6.45, 7) is 7.04. The van der Waals surface area contributed by atoms with Crippen LogP contribution in [0.4, 0.5) is 0 Å². The summed E-state index contributed by atoms with van der Waals surface area (Å²) >= 11 is 6.17. The predicted molar refractivity (Wildman–Crippen MR) is 89.5 cm³/mol. The third kappa shape index (κ3) is 6.88. The largest absolute Gasteiger partial charge is 0.413 e. The molecular formula is C15H22ClNO3Si. The molecule has 0 amide bonds. The lowest BCUT2D eigenvalue weighted by Crippen LogP contribution is -2.29. The highest BCUT2D eigenvalue weighted by Gasteiger charge is 2.21. The lowest BCUT2D eigenvalue weighted by Gasteiger charge is -2.23. The van der Waals surface area contributed by atoms with Crippen molar-refractivity contribution in [3.05, 3.63) is 50.7 Å². The highest BCUT2D eigenvalue weighted by atomic mass is 35.5. The molecule has 0 heterocycles. The number of benzene rings is 1. The first-order chi connectivity index (χ1) is 9.84. The number of halogens is 1. The van der Waals surface area contributed by atoms with Crippen molar-refractivity contribution in [2.75, 3.05) is 0 Å². The van der Waals surface area contributed by atoms with Gasteiger partial charge in [0.05, 0.1) is 11.5 Å². The Balaban J connectivity index is 2.74. The molecule has 0 bridgehead atoms. The standard InChI is InChI=1S/C15H22ClNO3Si/c1-4-5-10-21(2,3)20-12-14-11-13(6-7-15(14)16)8-9-17(18)19/h6-9,11H,4-5,10,12H2,1-3H3. The van der Waals surface area contributed by atoms with Crippen molar-refractivity contribution in [1.29, 1.82) is 0 Å². The zero-order valence-electron chi connectivity index (χ0n) is 12.8. The maximum Gasteiger partial charge on any atom is 0.235 e. The van der Waals surface area contributed by atoms with E-state index in [0.29, 0.717) is 11.6 Å². The molecule has 0 spiro atoms. The van der Waals surface area contributed by atoms with Crippen LogP contribution in [0.1, 0.15) is 30.9 Å². The van der Waals surface area contributed by atoms with Gasteiger partial charge >= 0.3 is 0 Å². The summed E-state index contributed by atoms with van der Waals surface area (Å²) in [6, 6.07) is 6.47. The average Bonchev–Trinajstić information content (AvgIpc) is 2.43. The summed E-state index contributed by atoms with van der Waals surface area (Å²) < 4.78 is 6.08. The molecule has 0 unspecified atom stereocenters. The molecule has 0 saturated heterocycles. The Morgan fingerprint density at radius 3 is 2.76 bits per heavy atom. The minimum atomic E-state index is -1.67. The molecule has 0 aliphatic carbocycles. The summed E-state index contributed by atoms with van der Waals surface area (Å²) in [4.78, 5) is 9.87. The van der Waals surface area contributed by atoms with Gasteiger partial charge < -0.3 is 4.43 Å². The summed E-state index contributed by atoms with van der Waals surface area (Å²) in [5, 5.41) is 11.0. The second kappa shape index (κ2) is 8.31. The molecule has 0 aliphatic rings. The first-order valence-corrected chi connectivity index (χ1v) is 10.6. The van der Waals surface area contributed by atoms with E-state index in [2.05, 4.69) is 20.0 Å². The van der Waals surface area contributed by atoms with E-state index in [1.54, 1.807) is 12.1 Å². The lowest BCUT2D eigenvalue weighted by atomic mass is 10.1. The Morgan fingerprint density at radius 2 is 2.14 bits per heavy atom. The average molecular weight is 328 g/mol. The van der Waals surface area contributed by atoms with E-state index in [4.69, 9.17) is 16.0 Å². The van der Waals surface area contributed by atoms with Gasteiger partial charge in [0.15, 0.2) is 8.32 Å². The molecule has 0 radical (unpaired) electrons. The Hall–Kier alpha value is -1.17. The zero-order valence-corrected chi connectivity index (χ0v) is 14.5. The van der Waals surface area contributed by atoms with Crippen LogP contribution in [0.2, 0.25) is 24.2 Å². The minimum absolute atomic E-state index is 0.460. The van der Waals surface area contributed by atoms with Gasteiger partial charge in [0.2, 0.25) is 6.20 Å². The molecule has 0 N–H and O–H groups in total. The Labute approximate surface area is 132 Å². The van der Waals surface area contributed by atoms with Crippen molar-refractivity contribution >= 4 is 26.0 Å². The van der Waals surface area contributed by atoms with Gasteiger partial charge in [-0.25, -0.2) is 0 Å². The molecule has 21 heavy (non-hydrogen) atoms. The fourth-order valence-electron chi connectivity index (χ4n) is 1.90. The summed E-state index contributed by atoms with van der Waals surface area (Å²) in [5.74, 6) is 0. The molecule has 6 heteroatoms. The first kappa shape index (κ1) is 17.9. The number of nitro groups is 1. The molecule has 4 nitrogen and oxygen atoms in total. The van der Waals surface area contributed by atoms with Crippen LogP contribution in [0.25, 0.3) is 6.08 Å². The molecule has 0 atom stereocenters. The molecule has 1 aromatic rings. The van der Waals surface area contributed by atoms with Crippen LogP contribution in [-0.2, 0) is 11.0 Å². The van der Waals surface area contributed by atoms with Gasteiger partial charge in [-0.1, -0.05) is 37.4 Å². The van der Waals surface area contributed by atoms with Crippen LogP contribution in [-0.4, -0.2) is 13.2 Å². The van der Waals surface area contributed by atoms with E-state index in [9.17, 15) is 10.1 Å². The van der Waals surface area contributed by atoms with Crippen LogP contribution in [0.5, 0.6) is 0 Å². The Kier molecular flexibility index (Phi) is 7.08. The van der Waals surface area contributed by atoms with E-state index in [1.807, 2.05) is 6.07 Å². The monoisotopic (exact) mass is 327 g/mol. The highest BCUT2D eigenvalue weighted by Crippen LogP contribution is 2.23. The van der Waals surface area contributed by atoms with Crippen LogP contribution in [0.3, 0.4) is 0 Å². The number of unbranched alkanes of at least 4 members (excludes halogenated alkanes) is 1. The highest BCUT2D eigenvalue weighted by molar-refractivity contribution is 6.71. The summed E-state index contributed by atoms with van der Waals surface area (Å²) in [5.41, 5.74) is 1.63. The van der Waals surface area contributed by atoms with Crippen molar-refractivity contribution in [1.82, 2.24) is 0 Å². The van der Waals surface area contributed by atoms with E-state index in [0.717, 1.165) is 23.4 Å². The van der Waals surface area contributed by atoms with Crippen LogP contribution in [0.15, 0.2) is 24.4 Å². The van der Waals surface area contributed by atoms with Gasteiger partial charge in [-0.15, -0.1) is 0 Å². The second-order valence-corrected chi connectivity index (χ2v) is 10.3. The van der Waals surface area contributed by atoms with Gasteiger partial charge in [-0.05, 0) is 42.4 Å². The van der Waals surface area contributed by atoms with E-state index in [-0.39, 0.29) is 0 Å². The molecular weight excluding hydrogens is 306 g/mol. The van der Waals surface area contributed by atoms with Gasteiger partial charge in [0.25, 0.3) is 0 Å². The van der Waals surface area contributed by atoms with Crippen molar-refractivity contribution < 1.29 is 9.35 Å². The number of rotatable bonds is 8. The lowest BCUT2D eigenvalue weighted by molar-refractivity contribution is -0.400. The molecule has 0 saturated carbocycles. The Morgan fingerprint density at radius 1 is 1.43 bits per heavy atom. The molecule has 1 aromatic carbocycles.